The summed E-state index contributed by atoms with van der Waals surface area (Å²) in [5, 5.41) is 8.54. The van der Waals surface area contributed by atoms with Crippen molar-refractivity contribution in [1.29, 1.82) is 5.26 Å². The Morgan fingerprint density at radius 1 is 1.56 bits per heavy atom. The van der Waals surface area contributed by atoms with Crippen LogP contribution in [0.25, 0.3) is 0 Å². The lowest BCUT2D eigenvalue weighted by Gasteiger charge is -2.08. The Balaban J connectivity index is 2.44. The van der Waals surface area contributed by atoms with Crippen LogP contribution < -0.4 is 0 Å². The fourth-order valence-electron chi connectivity index (χ4n) is 1.36. The maximum atomic E-state index is 8.54. The van der Waals surface area contributed by atoms with E-state index in [4.69, 9.17) is 10.00 Å². The molecular weight excluding hydrogens is 114 g/mol. The first kappa shape index (κ1) is 6.57. The van der Waals surface area contributed by atoms with Gasteiger partial charge in [0.15, 0.2) is 0 Å². The maximum Gasteiger partial charge on any atom is 0.0729 e. The van der Waals surface area contributed by atoms with E-state index >= 15 is 0 Å². The van der Waals surface area contributed by atoms with Gasteiger partial charge in [-0.1, -0.05) is 0 Å². The van der Waals surface area contributed by atoms with Crippen LogP contribution in [0.1, 0.15) is 19.3 Å². The molecular formula is C7H11NO. The van der Waals surface area contributed by atoms with Crippen LogP contribution in [0.5, 0.6) is 0 Å². The molecule has 0 heterocycles. The molecule has 0 N–H and O–H groups in total. The van der Waals surface area contributed by atoms with Crippen LogP contribution >= 0.6 is 0 Å². The highest BCUT2D eigenvalue weighted by Crippen LogP contribution is 2.26. The van der Waals surface area contributed by atoms with E-state index in [9.17, 15) is 0 Å². The molecule has 1 fully saturated rings. The van der Waals surface area contributed by atoms with Crippen molar-refractivity contribution in [3.8, 4) is 6.07 Å². The second kappa shape index (κ2) is 2.84. The Labute approximate surface area is 55.4 Å². The fraction of sp³-hybridized carbons (Fsp3) is 0.857. The molecule has 2 nitrogen and oxygen atoms in total. The third-order valence-electron chi connectivity index (χ3n) is 1.92. The van der Waals surface area contributed by atoms with E-state index in [-0.39, 0.29) is 12.0 Å². The summed E-state index contributed by atoms with van der Waals surface area (Å²) in [5.41, 5.74) is 0. The number of methoxy groups -OCH3 is 1. The summed E-state index contributed by atoms with van der Waals surface area (Å²) in [5.74, 6) is 0.162. The lowest BCUT2D eigenvalue weighted by atomic mass is 10.1. The summed E-state index contributed by atoms with van der Waals surface area (Å²) in [6, 6.07) is 2.24. The molecule has 2 atom stereocenters. The lowest BCUT2D eigenvalue weighted by Crippen LogP contribution is -2.13. The number of hydrogen-bond donors (Lipinski definition) is 0. The van der Waals surface area contributed by atoms with Crippen LogP contribution in [0.4, 0.5) is 0 Å². The Bertz CT molecular complexity index is 127. The summed E-state index contributed by atoms with van der Waals surface area (Å²) in [4.78, 5) is 0. The molecule has 1 saturated carbocycles. The van der Waals surface area contributed by atoms with Crippen LogP contribution in [0.3, 0.4) is 0 Å². The Morgan fingerprint density at radius 3 is 2.78 bits per heavy atom. The van der Waals surface area contributed by atoms with Crippen molar-refractivity contribution in [3.05, 3.63) is 0 Å². The lowest BCUT2D eigenvalue weighted by molar-refractivity contribution is 0.0882. The number of hydrogen-bond acceptors (Lipinski definition) is 2. The average Bonchev–Trinajstić information content (AvgIpc) is 2.33. The molecule has 2 unspecified atom stereocenters. The van der Waals surface area contributed by atoms with Gasteiger partial charge in [0.2, 0.25) is 0 Å². The van der Waals surface area contributed by atoms with Crippen LogP contribution in [-0.2, 0) is 4.74 Å². The van der Waals surface area contributed by atoms with Crippen molar-refractivity contribution in [1.82, 2.24) is 0 Å². The number of nitriles is 1. The number of rotatable bonds is 1. The molecule has 9 heavy (non-hydrogen) atoms. The maximum absolute atomic E-state index is 8.54. The van der Waals surface area contributed by atoms with Crippen molar-refractivity contribution in [3.63, 3.8) is 0 Å². The van der Waals surface area contributed by atoms with Gasteiger partial charge in [0.05, 0.1) is 18.1 Å². The molecule has 0 aromatic heterocycles. The average molecular weight is 125 g/mol. The van der Waals surface area contributed by atoms with Crippen molar-refractivity contribution in [2.75, 3.05) is 7.11 Å². The van der Waals surface area contributed by atoms with E-state index in [0.29, 0.717) is 0 Å². The molecule has 0 spiro atoms. The van der Waals surface area contributed by atoms with E-state index in [2.05, 4.69) is 6.07 Å². The molecule has 0 radical (unpaired) electrons. The standard InChI is InChI=1S/C7H11NO/c1-9-7-4-2-3-6(7)5-8/h6-7H,2-4H2,1H3. The molecule has 0 amide bonds. The normalized spacial score (nSPS) is 34.2. The molecule has 50 valence electrons. The molecule has 0 aliphatic heterocycles. The Morgan fingerprint density at radius 2 is 2.33 bits per heavy atom. The predicted octanol–water partition coefficient (Wildman–Crippen LogP) is 1.33. The SMILES string of the molecule is COC1CCCC1C#N. The second-order valence-electron chi connectivity index (χ2n) is 2.44. The zero-order chi connectivity index (χ0) is 6.69. The summed E-state index contributed by atoms with van der Waals surface area (Å²) in [6.45, 7) is 0. The molecule has 1 rings (SSSR count). The van der Waals surface area contributed by atoms with E-state index in [0.717, 1.165) is 19.3 Å². The van der Waals surface area contributed by atoms with E-state index in [1.165, 1.54) is 0 Å². The summed E-state index contributed by atoms with van der Waals surface area (Å²) in [6.07, 6.45) is 3.45. The van der Waals surface area contributed by atoms with Gasteiger partial charge in [-0.25, -0.2) is 0 Å². The van der Waals surface area contributed by atoms with Crippen LogP contribution in [0.2, 0.25) is 0 Å². The van der Waals surface area contributed by atoms with Crippen LogP contribution in [-0.4, -0.2) is 13.2 Å². The topological polar surface area (TPSA) is 33.0 Å². The number of nitrogens with zero attached hydrogens (tertiary/aromatic N) is 1. The van der Waals surface area contributed by atoms with Crippen molar-refractivity contribution in [2.45, 2.75) is 25.4 Å². The Hall–Kier alpha value is -0.550. The van der Waals surface area contributed by atoms with Crippen molar-refractivity contribution < 1.29 is 4.74 Å². The quantitative estimate of drug-likeness (QED) is 0.529. The van der Waals surface area contributed by atoms with Crippen LogP contribution in [0.15, 0.2) is 0 Å². The Kier molecular flexibility index (Phi) is 2.07. The van der Waals surface area contributed by atoms with Gasteiger partial charge in [-0.05, 0) is 19.3 Å². The summed E-state index contributed by atoms with van der Waals surface area (Å²) >= 11 is 0. The molecule has 0 bridgehead atoms. The largest absolute Gasteiger partial charge is 0.380 e. The van der Waals surface area contributed by atoms with E-state index in [1.807, 2.05) is 0 Å². The smallest absolute Gasteiger partial charge is 0.0729 e. The fourth-order valence-corrected chi connectivity index (χ4v) is 1.36. The van der Waals surface area contributed by atoms with Gasteiger partial charge < -0.3 is 4.74 Å². The molecule has 1 aliphatic rings. The predicted molar refractivity (Wildman–Crippen MR) is 33.8 cm³/mol. The first-order chi connectivity index (χ1) is 4.38. The monoisotopic (exact) mass is 125 g/mol. The van der Waals surface area contributed by atoms with Crippen molar-refractivity contribution in [2.24, 2.45) is 5.92 Å². The highest BCUT2D eigenvalue weighted by Gasteiger charge is 2.26. The summed E-state index contributed by atoms with van der Waals surface area (Å²) < 4.78 is 5.09. The molecule has 1 aliphatic carbocycles. The minimum Gasteiger partial charge on any atom is -0.380 e. The highest BCUT2D eigenvalue weighted by molar-refractivity contribution is 4.93. The van der Waals surface area contributed by atoms with Gasteiger partial charge in [0, 0.05) is 7.11 Å². The number of ether oxygens (including phenoxy) is 1. The van der Waals surface area contributed by atoms with Gasteiger partial charge in [-0.3, -0.25) is 0 Å². The van der Waals surface area contributed by atoms with E-state index < -0.39 is 0 Å². The molecule has 2 heteroatoms. The van der Waals surface area contributed by atoms with Crippen molar-refractivity contribution >= 4 is 0 Å². The minimum atomic E-state index is 0.162. The zero-order valence-corrected chi connectivity index (χ0v) is 5.63. The molecule has 0 aromatic rings. The van der Waals surface area contributed by atoms with Gasteiger partial charge in [0.25, 0.3) is 0 Å². The zero-order valence-electron chi connectivity index (χ0n) is 5.63. The van der Waals surface area contributed by atoms with Gasteiger partial charge in [-0.2, -0.15) is 5.26 Å². The second-order valence-corrected chi connectivity index (χ2v) is 2.44. The first-order valence-corrected chi connectivity index (χ1v) is 3.31. The third-order valence-corrected chi connectivity index (χ3v) is 1.92. The van der Waals surface area contributed by atoms with Gasteiger partial charge in [0.1, 0.15) is 0 Å². The van der Waals surface area contributed by atoms with Crippen LogP contribution in [0, 0.1) is 17.2 Å². The molecule has 0 aromatic carbocycles. The molecule has 0 saturated heterocycles. The minimum absolute atomic E-state index is 0.162. The summed E-state index contributed by atoms with van der Waals surface area (Å²) in [7, 11) is 1.68. The first-order valence-electron chi connectivity index (χ1n) is 3.31. The van der Waals surface area contributed by atoms with Gasteiger partial charge >= 0.3 is 0 Å². The third kappa shape index (κ3) is 1.22. The highest BCUT2D eigenvalue weighted by atomic mass is 16.5. The van der Waals surface area contributed by atoms with Gasteiger partial charge in [-0.15, -0.1) is 0 Å². The van der Waals surface area contributed by atoms with E-state index in [1.54, 1.807) is 7.11 Å².